The summed E-state index contributed by atoms with van der Waals surface area (Å²) in [6.07, 6.45) is 0. The molecule has 2 aromatic heterocycles. The van der Waals surface area contributed by atoms with Gasteiger partial charge in [0, 0.05) is 10.8 Å². The second-order valence-corrected chi connectivity index (χ2v) is 5.77. The summed E-state index contributed by atoms with van der Waals surface area (Å²) in [6.45, 7) is 4.07. The topological polar surface area (TPSA) is 65.2 Å². The van der Waals surface area contributed by atoms with Crippen LogP contribution in [0.25, 0.3) is 21.1 Å². The van der Waals surface area contributed by atoms with E-state index in [0.717, 1.165) is 32.2 Å². The van der Waals surface area contributed by atoms with E-state index in [1.165, 1.54) is 18.4 Å². The van der Waals surface area contributed by atoms with Gasteiger partial charge < -0.3 is 10.5 Å². The van der Waals surface area contributed by atoms with Crippen molar-refractivity contribution in [2.45, 2.75) is 13.8 Å². The minimum Gasteiger partial charge on any atom is -0.465 e. The Hall–Kier alpha value is -2.14. The van der Waals surface area contributed by atoms with E-state index in [4.69, 9.17) is 10.5 Å². The van der Waals surface area contributed by atoms with Crippen molar-refractivity contribution in [3.05, 3.63) is 34.2 Å². The molecule has 0 saturated carbocycles. The van der Waals surface area contributed by atoms with Crippen molar-refractivity contribution >= 4 is 44.1 Å². The Kier molecular flexibility index (Phi) is 2.87. The zero-order chi connectivity index (χ0) is 14.4. The van der Waals surface area contributed by atoms with Crippen LogP contribution in [0, 0.1) is 13.8 Å². The minimum absolute atomic E-state index is 0.414. The van der Waals surface area contributed by atoms with Crippen molar-refractivity contribution in [2.24, 2.45) is 0 Å². The van der Waals surface area contributed by atoms with Gasteiger partial charge in [0.2, 0.25) is 0 Å². The van der Waals surface area contributed by atoms with E-state index in [1.807, 2.05) is 19.9 Å². The zero-order valence-corrected chi connectivity index (χ0v) is 12.3. The van der Waals surface area contributed by atoms with Crippen molar-refractivity contribution in [3.63, 3.8) is 0 Å². The van der Waals surface area contributed by atoms with Crippen LogP contribution in [-0.2, 0) is 4.74 Å². The first-order valence-corrected chi connectivity index (χ1v) is 7.02. The van der Waals surface area contributed by atoms with Gasteiger partial charge in [0.15, 0.2) is 0 Å². The third-order valence-corrected chi connectivity index (χ3v) is 4.57. The molecule has 0 fully saturated rings. The predicted molar refractivity (Wildman–Crippen MR) is 82.4 cm³/mol. The summed E-state index contributed by atoms with van der Waals surface area (Å²) in [5.41, 5.74) is 9.72. The number of carbonyl (C=O) groups is 1. The molecule has 0 radical (unpaired) electrons. The van der Waals surface area contributed by atoms with Crippen LogP contribution in [0.1, 0.15) is 20.8 Å². The van der Waals surface area contributed by atoms with Crippen molar-refractivity contribution in [1.82, 2.24) is 4.98 Å². The number of hydrogen-bond acceptors (Lipinski definition) is 5. The van der Waals surface area contributed by atoms with E-state index in [2.05, 4.69) is 17.1 Å². The van der Waals surface area contributed by atoms with Gasteiger partial charge in [-0.05, 0) is 31.0 Å². The quantitative estimate of drug-likeness (QED) is 0.696. The summed E-state index contributed by atoms with van der Waals surface area (Å²) in [5, 5.41) is 1.88. The number of thiophene rings is 1. The first kappa shape index (κ1) is 12.9. The van der Waals surface area contributed by atoms with Gasteiger partial charge in [0.05, 0.1) is 18.3 Å². The lowest BCUT2D eigenvalue weighted by Crippen LogP contribution is -2.01. The molecule has 3 aromatic rings. The third kappa shape index (κ3) is 1.74. The molecule has 0 amide bonds. The van der Waals surface area contributed by atoms with E-state index < -0.39 is 5.97 Å². The van der Waals surface area contributed by atoms with E-state index >= 15 is 0 Å². The molecule has 0 saturated heterocycles. The number of esters is 1. The highest BCUT2D eigenvalue weighted by atomic mass is 32.1. The van der Waals surface area contributed by atoms with Gasteiger partial charge >= 0.3 is 5.97 Å². The summed E-state index contributed by atoms with van der Waals surface area (Å²) in [7, 11) is 1.35. The number of hydrogen-bond donors (Lipinski definition) is 1. The molecular weight excluding hydrogens is 272 g/mol. The number of anilines is 1. The molecule has 102 valence electrons. The number of nitrogen functional groups attached to an aromatic ring is 1. The molecule has 0 unspecified atom stereocenters. The average molecular weight is 286 g/mol. The summed E-state index contributed by atoms with van der Waals surface area (Å²) >= 11 is 1.28. The van der Waals surface area contributed by atoms with Gasteiger partial charge in [-0.3, -0.25) is 0 Å². The van der Waals surface area contributed by atoms with E-state index in [9.17, 15) is 4.79 Å². The van der Waals surface area contributed by atoms with E-state index in [-0.39, 0.29) is 0 Å². The molecule has 0 aliphatic heterocycles. The number of pyridine rings is 1. The second-order valence-electron chi connectivity index (χ2n) is 4.77. The summed E-state index contributed by atoms with van der Waals surface area (Å²) in [4.78, 5) is 17.6. The lowest BCUT2D eigenvalue weighted by atomic mass is 10.0. The number of nitrogens with two attached hydrogens (primary N) is 1. The number of carbonyl (C=O) groups excluding carboxylic acids is 1. The fourth-order valence-electron chi connectivity index (χ4n) is 2.31. The predicted octanol–water partition coefficient (Wildman–Crippen LogP) is 3.44. The molecule has 1 aromatic carbocycles. The summed E-state index contributed by atoms with van der Waals surface area (Å²) in [6, 6.07) is 6.13. The van der Waals surface area contributed by atoms with E-state index in [1.54, 1.807) is 0 Å². The highest BCUT2D eigenvalue weighted by molar-refractivity contribution is 7.21. The molecule has 2 heterocycles. The first-order chi connectivity index (χ1) is 9.52. The Labute approximate surface area is 120 Å². The number of fused-ring (bicyclic) bond motifs is 2. The molecule has 0 spiro atoms. The van der Waals surface area contributed by atoms with Crippen LogP contribution in [0.5, 0.6) is 0 Å². The maximum atomic E-state index is 11.7. The first-order valence-electron chi connectivity index (χ1n) is 6.20. The Morgan fingerprint density at radius 2 is 1.95 bits per heavy atom. The third-order valence-electron chi connectivity index (χ3n) is 3.47. The van der Waals surface area contributed by atoms with Crippen LogP contribution in [-0.4, -0.2) is 18.1 Å². The van der Waals surface area contributed by atoms with Crippen LogP contribution < -0.4 is 5.73 Å². The maximum Gasteiger partial charge on any atom is 0.350 e. The lowest BCUT2D eigenvalue weighted by molar-refractivity contribution is 0.0607. The summed E-state index contributed by atoms with van der Waals surface area (Å²) in [5.74, 6) is -0.414. The molecule has 0 aliphatic carbocycles. The van der Waals surface area contributed by atoms with Crippen LogP contribution >= 0.6 is 11.3 Å². The number of benzene rings is 1. The summed E-state index contributed by atoms with van der Waals surface area (Å²) < 4.78 is 4.76. The number of ether oxygens (including phenoxy) is 1. The van der Waals surface area contributed by atoms with Gasteiger partial charge in [-0.25, -0.2) is 9.78 Å². The zero-order valence-electron chi connectivity index (χ0n) is 11.5. The fraction of sp³-hybridized carbons (Fsp3) is 0.200. The van der Waals surface area contributed by atoms with Crippen LogP contribution in [0.15, 0.2) is 18.2 Å². The Morgan fingerprint density at radius 1 is 1.25 bits per heavy atom. The van der Waals surface area contributed by atoms with Gasteiger partial charge in [-0.15, -0.1) is 11.3 Å². The molecule has 4 nitrogen and oxygen atoms in total. The largest absolute Gasteiger partial charge is 0.465 e. The van der Waals surface area contributed by atoms with Gasteiger partial charge in [0.25, 0.3) is 0 Å². The molecule has 3 rings (SSSR count). The van der Waals surface area contributed by atoms with Gasteiger partial charge in [0.1, 0.15) is 9.71 Å². The normalized spacial score (nSPS) is 11.2. The SMILES string of the molecule is COC(=O)c1sc2nc3c(C)ccc(C)c3cc2c1N. The minimum atomic E-state index is -0.414. The number of aromatic nitrogens is 1. The number of nitrogens with zero attached hydrogens (tertiary/aromatic N) is 1. The average Bonchev–Trinajstić information content (AvgIpc) is 2.78. The number of methoxy groups -OCH3 is 1. The van der Waals surface area contributed by atoms with Gasteiger partial charge in [-0.2, -0.15) is 0 Å². The van der Waals surface area contributed by atoms with Crippen molar-refractivity contribution < 1.29 is 9.53 Å². The Morgan fingerprint density at radius 3 is 2.65 bits per heavy atom. The van der Waals surface area contributed by atoms with Crippen LogP contribution in [0.4, 0.5) is 5.69 Å². The molecule has 0 aliphatic rings. The molecule has 20 heavy (non-hydrogen) atoms. The number of rotatable bonds is 1. The molecular formula is C15H14N2O2S. The van der Waals surface area contributed by atoms with Crippen LogP contribution in [0.3, 0.4) is 0 Å². The standard InChI is InChI=1S/C15H14N2O2S/c1-7-4-5-8(2)12-9(7)6-10-11(16)13(15(18)19-3)20-14(10)17-12/h4-6H,16H2,1-3H3. The molecule has 5 heteroatoms. The van der Waals surface area contributed by atoms with E-state index in [0.29, 0.717) is 10.6 Å². The van der Waals surface area contributed by atoms with Crippen LogP contribution in [0.2, 0.25) is 0 Å². The number of aryl methyl sites for hydroxylation is 2. The highest BCUT2D eigenvalue weighted by Gasteiger charge is 2.18. The molecule has 2 N–H and O–H groups in total. The highest BCUT2D eigenvalue weighted by Crippen LogP contribution is 2.36. The molecule has 0 bridgehead atoms. The monoisotopic (exact) mass is 286 g/mol. The molecule has 0 atom stereocenters. The maximum absolute atomic E-state index is 11.7. The Balaban J connectivity index is 2.42. The fourth-order valence-corrected chi connectivity index (χ4v) is 3.30. The van der Waals surface area contributed by atoms with Crippen molar-refractivity contribution in [2.75, 3.05) is 12.8 Å². The Bertz CT molecular complexity index is 852. The smallest absolute Gasteiger partial charge is 0.350 e. The lowest BCUT2D eigenvalue weighted by Gasteiger charge is -2.05. The van der Waals surface area contributed by atoms with Gasteiger partial charge in [-0.1, -0.05) is 12.1 Å². The second kappa shape index (κ2) is 4.45. The van der Waals surface area contributed by atoms with Crippen molar-refractivity contribution in [1.29, 1.82) is 0 Å². The van der Waals surface area contributed by atoms with Crippen molar-refractivity contribution in [3.8, 4) is 0 Å².